The van der Waals surface area contributed by atoms with Crippen molar-refractivity contribution >= 4 is 5.97 Å². The number of hydrogen-bond donors (Lipinski definition) is 1. The molecule has 0 fully saturated rings. The van der Waals surface area contributed by atoms with E-state index in [2.05, 4.69) is 92.5 Å². The topological polar surface area (TPSA) is 59.0 Å². The molecule has 5 rings (SSSR count). The lowest BCUT2D eigenvalue weighted by Gasteiger charge is -2.31. The van der Waals surface area contributed by atoms with Crippen molar-refractivity contribution in [2.45, 2.75) is 64.5 Å². The molecular weight excluding hydrogens is 546 g/mol. The number of carboxylic acid groups (broad SMARTS) is 1. The van der Waals surface area contributed by atoms with Gasteiger partial charge in [-0.25, -0.2) is 4.79 Å². The maximum Gasteiger partial charge on any atom is 0.333 e. The van der Waals surface area contributed by atoms with Gasteiger partial charge in [0.25, 0.3) is 0 Å². The Bertz CT molecular complexity index is 1530. The van der Waals surface area contributed by atoms with E-state index in [-0.39, 0.29) is 6.04 Å². The van der Waals surface area contributed by atoms with Gasteiger partial charge in [0.15, 0.2) is 6.10 Å². The number of likely N-dealkylation sites (N-methyl/N-ethyl adjacent to an activating group) is 1. The molecule has 4 aromatic rings. The van der Waals surface area contributed by atoms with E-state index in [4.69, 9.17) is 9.47 Å². The second-order valence-corrected chi connectivity index (χ2v) is 11.8. The van der Waals surface area contributed by atoms with Crippen molar-refractivity contribution in [2.24, 2.45) is 0 Å². The number of hydrogen-bond acceptors (Lipinski definition) is 4. The standard InChI is InChI=1S/C39H45NO4/c1-5-28-12-15-31-16-17-33-26-32(27(3)30-10-8-7-9-11-30)18-21-35(33)38(36(31)24-28)40(4)22-23-44-34-19-13-29(14-20-34)25-37(39(41)42)43-6-2/h7-15,18-21,24,26-27,37-38H,5-6,16-17,22-23,25H2,1-4H3,(H,41,42). The van der Waals surface area contributed by atoms with Crippen LogP contribution in [-0.4, -0.2) is 48.9 Å². The number of fused-ring (bicyclic) bond motifs is 2. The van der Waals surface area contributed by atoms with Crippen molar-refractivity contribution in [3.05, 3.63) is 136 Å². The molecule has 1 aliphatic carbocycles. The van der Waals surface area contributed by atoms with Crippen molar-refractivity contribution in [3.63, 3.8) is 0 Å². The van der Waals surface area contributed by atoms with Gasteiger partial charge in [-0.2, -0.15) is 0 Å². The summed E-state index contributed by atoms with van der Waals surface area (Å²) in [5.41, 5.74) is 10.6. The highest BCUT2D eigenvalue weighted by Crippen LogP contribution is 2.38. The first-order valence-corrected chi connectivity index (χ1v) is 15.9. The first-order valence-electron chi connectivity index (χ1n) is 15.9. The highest BCUT2D eigenvalue weighted by molar-refractivity contribution is 5.72. The zero-order chi connectivity index (χ0) is 31.1. The average Bonchev–Trinajstić information content (AvgIpc) is 3.21. The number of carbonyl (C=O) groups is 1. The summed E-state index contributed by atoms with van der Waals surface area (Å²) < 4.78 is 11.5. The van der Waals surface area contributed by atoms with E-state index in [1.165, 1.54) is 38.9 Å². The number of benzene rings is 4. The van der Waals surface area contributed by atoms with Crippen LogP contribution < -0.4 is 4.74 Å². The molecule has 3 atom stereocenters. The lowest BCUT2D eigenvalue weighted by atomic mass is 9.87. The van der Waals surface area contributed by atoms with Crippen molar-refractivity contribution in [3.8, 4) is 5.75 Å². The number of rotatable bonds is 13. The van der Waals surface area contributed by atoms with Crippen molar-refractivity contribution in [1.29, 1.82) is 0 Å². The highest BCUT2D eigenvalue weighted by Gasteiger charge is 2.28. The summed E-state index contributed by atoms with van der Waals surface area (Å²) in [5.74, 6) is 0.175. The van der Waals surface area contributed by atoms with Crippen molar-refractivity contribution < 1.29 is 19.4 Å². The van der Waals surface area contributed by atoms with E-state index in [9.17, 15) is 9.90 Å². The largest absolute Gasteiger partial charge is 0.492 e. The molecule has 0 saturated carbocycles. The molecule has 5 heteroatoms. The van der Waals surface area contributed by atoms with E-state index in [0.717, 1.165) is 37.1 Å². The van der Waals surface area contributed by atoms with E-state index in [0.29, 0.717) is 25.6 Å². The molecule has 4 aromatic carbocycles. The van der Waals surface area contributed by atoms with Gasteiger partial charge in [0.2, 0.25) is 0 Å². The van der Waals surface area contributed by atoms with E-state index >= 15 is 0 Å². The molecule has 0 amide bonds. The number of aryl methyl sites for hydroxylation is 3. The Balaban J connectivity index is 1.33. The first-order chi connectivity index (χ1) is 21.4. The smallest absolute Gasteiger partial charge is 0.333 e. The van der Waals surface area contributed by atoms with E-state index in [1.54, 1.807) is 0 Å². The molecule has 44 heavy (non-hydrogen) atoms. The van der Waals surface area contributed by atoms with Crippen LogP contribution >= 0.6 is 0 Å². The monoisotopic (exact) mass is 591 g/mol. The lowest BCUT2D eigenvalue weighted by Crippen LogP contribution is -2.30. The molecule has 0 aliphatic heterocycles. The van der Waals surface area contributed by atoms with Gasteiger partial charge >= 0.3 is 5.97 Å². The van der Waals surface area contributed by atoms with Crippen LogP contribution in [0.2, 0.25) is 0 Å². The maximum atomic E-state index is 11.5. The SMILES string of the molecule is CCOC(Cc1ccc(OCCN(C)C2c3ccc(C(C)c4ccccc4)cc3CCc3ccc(CC)cc32)cc1)C(=O)O. The molecule has 1 aliphatic rings. The Morgan fingerprint density at radius 1 is 0.864 bits per heavy atom. The Morgan fingerprint density at radius 3 is 2.30 bits per heavy atom. The van der Waals surface area contributed by atoms with E-state index in [1.807, 2.05) is 31.2 Å². The molecule has 0 spiro atoms. The summed E-state index contributed by atoms with van der Waals surface area (Å²) in [6.07, 6.45) is 2.58. The fourth-order valence-electron chi connectivity index (χ4n) is 6.36. The Hall–Kier alpha value is -3.93. The fourth-order valence-corrected chi connectivity index (χ4v) is 6.36. The molecule has 0 radical (unpaired) electrons. The van der Waals surface area contributed by atoms with Crippen LogP contribution in [0.15, 0.2) is 91.0 Å². The minimum absolute atomic E-state index is 0.146. The number of carboxylic acids is 1. The summed E-state index contributed by atoms with van der Waals surface area (Å²) in [5, 5.41) is 9.40. The number of ether oxygens (including phenoxy) is 2. The predicted octanol–water partition coefficient (Wildman–Crippen LogP) is 7.63. The maximum absolute atomic E-state index is 11.5. The highest BCUT2D eigenvalue weighted by atomic mass is 16.5. The molecule has 0 aromatic heterocycles. The van der Waals surface area contributed by atoms with Crippen LogP contribution in [0.5, 0.6) is 5.75 Å². The van der Waals surface area contributed by atoms with Crippen LogP contribution in [0.3, 0.4) is 0 Å². The third-order valence-electron chi connectivity index (χ3n) is 8.98. The molecule has 5 nitrogen and oxygen atoms in total. The summed E-state index contributed by atoms with van der Waals surface area (Å²) in [6.45, 7) is 8.00. The van der Waals surface area contributed by atoms with Crippen LogP contribution in [0, 0.1) is 0 Å². The van der Waals surface area contributed by atoms with Gasteiger partial charge in [0.1, 0.15) is 12.4 Å². The number of aliphatic carboxylic acids is 1. The average molecular weight is 592 g/mol. The van der Waals surface area contributed by atoms with Gasteiger partial charge < -0.3 is 14.6 Å². The van der Waals surface area contributed by atoms with E-state index < -0.39 is 12.1 Å². The molecular formula is C39H45NO4. The van der Waals surface area contributed by atoms with Gasteiger partial charge in [-0.05, 0) is 89.9 Å². The second kappa shape index (κ2) is 14.7. The van der Waals surface area contributed by atoms with Crippen LogP contribution in [0.25, 0.3) is 0 Å². The van der Waals surface area contributed by atoms with Crippen LogP contribution in [-0.2, 0) is 35.2 Å². The minimum Gasteiger partial charge on any atom is -0.492 e. The van der Waals surface area contributed by atoms with Crippen LogP contribution in [0.4, 0.5) is 0 Å². The summed E-state index contributed by atoms with van der Waals surface area (Å²) in [4.78, 5) is 13.9. The first kappa shape index (κ1) is 31.5. The quantitative estimate of drug-likeness (QED) is 0.173. The molecule has 0 saturated heterocycles. The molecule has 230 valence electrons. The summed E-state index contributed by atoms with van der Waals surface area (Å²) in [6, 6.07) is 32.8. The van der Waals surface area contributed by atoms with Crippen molar-refractivity contribution in [1.82, 2.24) is 4.90 Å². The third kappa shape index (κ3) is 7.40. The minimum atomic E-state index is -0.940. The van der Waals surface area contributed by atoms with Gasteiger partial charge in [-0.1, -0.05) is 92.7 Å². The second-order valence-electron chi connectivity index (χ2n) is 11.8. The molecule has 0 heterocycles. The lowest BCUT2D eigenvalue weighted by molar-refractivity contribution is -0.149. The van der Waals surface area contributed by atoms with Gasteiger partial charge in [0.05, 0.1) is 6.04 Å². The van der Waals surface area contributed by atoms with Gasteiger partial charge in [-0.3, -0.25) is 4.90 Å². The Labute approximate surface area is 262 Å². The third-order valence-corrected chi connectivity index (χ3v) is 8.98. The zero-order valence-electron chi connectivity index (χ0n) is 26.5. The van der Waals surface area contributed by atoms with Crippen LogP contribution in [0.1, 0.15) is 77.2 Å². The zero-order valence-corrected chi connectivity index (χ0v) is 26.5. The summed E-state index contributed by atoms with van der Waals surface area (Å²) in [7, 11) is 2.20. The number of nitrogens with zero attached hydrogens (tertiary/aromatic N) is 1. The normalized spacial score (nSPS) is 15.6. The molecule has 1 N–H and O–H groups in total. The predicted molar refractivity (Wildman–Crippen MR) is 177 cm³/mol. The Morgan fingerprint density at radius 2 is 1.59 bits per heavy atom. The molecule has 3 unspecified atom stereocenters. The van der Waals surface area contributed by atoms with Gasteiger partial charge in [0, 0.05) is 25.5 Å². The molecule has 0 bridgehead atoms. The Kier molecular flexibility index (Phi) is 10.5. The fraction of sp³-hybridized carbons (Fsp3) is 0.359. The van der Waals surface area contributed by atoms with Gasteiger partial charge in [-0.15, -0.1) is 0 Å². The summed E-state index contributed by atoms with van der Waals surface area (Å²) >= 11 is 0. The van der Waals surface area contributed by atoms with Crippen molar-refractivity contribution in [2.75, 3.05) is 26.8 Å².